The van der Waals surface area contributed by atoms with Gasteiger partial charge in [-0.25, -0.2) is 14.3 Å². The van der Waals surface area contributed by atoms with Crippen LogP contribution < -0.4 is 5.32 Å². The number of carbonyl (C=O) groups is 2. The van der Waals surface area contributed by atoms with Crippen LogP contribution in [0.2, 0.25) is 0 Å². The van der Waals surface area contributed by atoms with Crippen molar-refractivity contribution in [1.29, 1.82) is 0 Å². The highest BCUT2D eigenvalue weighted by Gasteiger charge is 2.22. The zero-order valence-electron chi connectivity index (χ0n) is 12.9. The van der Waals surface area contributed by atoms with E-state index in [9.17, 15) is 9.59 Å². The topological polar surface area (TPSA) is 106 Å². The van der Waals surface area contributed by atoms with Crippen molar-refractivity contribution < 1.29 is 19.4 Å². The molecular formula is C14H18N4O4. The van der Waals surface area contributed by atoms with E-state index in [-0.39, 0.29) is 6.54 Å². The number of nitrogens with zero attached hydrogens (tertiary/aromatic N) is 3. The number of amides is 1. The van der Waals surface area contributed by atoms with E-state index in [1.54, 1.807) is 11.4 Å². The lowest BCUT2D eigenvalue weighted by molar-refractivity contribution is -0.148. The van der Waals surface area contributed by atoms with E-state index in [1.807, 2.05) is 19.9 Å². The number of carboxylic acids is 1. The van der Waals surface area contributed by atoms with Crippen molar-refractivity contribution in [2.75, 3.05) is 13.7 Å². The van der Waals surface area contributed by atoms with Gasteiger partial charge in [0.2, 0.25) is 0 Å². The number of carbonyl (C=O) groups excluding carboxylic acids is 1. The third-order valence-corrected chi connectivity index (χ3v) is 3.31. The van der Waals surface area contributed by atoms with Crippen molar-refractivity contribution in [3.05, 3.63) is 28.7 Å². The molecule has 2 rings (SSSR count). The second kappa shape index (κ2) is 6.10. The summed E-state index contributed by atoms with van der Waals surface area (Å²) in [5.74, 6) is -1.56. The minimum Gasteiger partial charge on any atom is -0.479 e. The number of carboxylic acid groups (broad SMARTS) is 1. The van der Waals surface area contributed by atoms with Crippen LogP contribution in [0.25, 0.3) is 5.65 Å². The largest absolute Gasteiger partial charge is 0.479 e. The number of rotatable bonds is 5. The first kappa shape index (κ1) is 15.9. The van der Waals surface area contributed by atoms with Gasteiger partial charge in [0.25, 0.3) is 5.91 Å². The Kier molecular flexibility index (Phi) is 4.41. The van der Waals surface area contributed by atoms with Gasteiger partial charge in [-0.1, -0.05) is 0 Å². The number of aliphatic carboxylic acids is 1. The molecule has 1 atom stereocenters. The average molecular weight is 306 g/mol. The van der Waals surface area contributed by atoms with Gasteiger partial charge in [-0.05, 0) is 26.8 Å². The van der Waals surface area contributed by atoms with E-state index < -0.39 is 18.0 Å². The van der Waals surface area contributed by atoms with Crippen molar-refractivity contribution in [1.82, 2.24) is 19.9 Å². The number of hydrogen-bond acceptors (Lipinski definition) is 5. The minimum atomic E-state index is -1.14. The third-order valence-electron chi connectivity index (χ3n) is 3.31. The van der Waals surface area contributed by atoms with E-state index in [1.165, 1.54) is 7.11 Å². The summed E-state index contributed by atoms with van der Waals surface area (Å²) >= 11 is 0. The Balaban J connectivity index is 2.32. The Morgan fingerprint density at radius 2 is 2.09 bits per heavy atom. The molecule has 8 nitrogen and oxygen atoms in total. The number of aryl methyl sites for hydroxylation is 3. The van der Waals surface area contributed by atoms with Crippen LogP contribution in [-0.4, -0.2) is 51.3 Å². The van der Waals surface area contributed by atoms with Gasteiger partial charge >= 0.3 is 5.97 Å². The third kappa shape index (κ3) is 2.91. The second-order valence-corrected chi connectivity index (χ2v) is 5.01. The molecule has 2 aromatic rings. The summed E-state index contributed by atoms with van der Waals surface area (Å²) in [4.78, 5) is 27.6. The van der Waals surface area contributed by atoms with Gasteiger partial charge in [0.1, 0.15) is 5.56 Å². The first-order valence-corrected chi connectivity index (χ1v) is 6.72. The lowest BCUT2D eigenvalue weighted by Crippen LogP contribution is -2.38. The summed E-state index contributed by atoms with van der Waals surface area (Å²) in [5.41, 5.74) is 2.97. The van der Waals surface area contributed by atoms with Crippen molar-refractivity contribution in [3.63, 3.8) is 0 Å². The van der Waals surface area contributed by atoms with E-state index >= 15 is 0 Å². The summed E-state index contributed by atoms with van der Waals surface area (Å²) < 4.78 is 6.38. The van der Waals surface area contributed by atoms with E-state index in [4.69, 9.17) is 9.84 Å². The molecule has 2 heterocycles. The zero-order chi connectivity index (χ0) is 16.4. The Hall–Kier alpha value is -2.48. The van der Waals surface area contributed by atoms with Crippen molar-refractivity contribution in [3.8, 4) is 0 Å². The molecule has 0 aliphatic heterocycles. The molecule has 2 aromatic heterocycles. The number of aromatic nitrogens is 3. The number of methoxy groups -OCH3 is 1. The summed E-state index contributed by atoms with van der Waals surface area (Å²) in [6.07, 6.45) is -1.09. The van der Waals surface area contributed by atoms with Gasteiger partial charge in [0.15, 0.2) is 11.8 Å². The average Bonchev–Trinajstić information content (AvgIpc) is 2.75. The van der Waals surface area contributed by atoms with Crippen LogP contribution in [-0.2, 0) is 9.53 Å². The van der Waals surface area contributed by atoms with E-state index in [0.717, 1.165) is 11.4 Å². The maximum absolute atomic E-state index is 12.4. The van der Waals surface area contributed by atoms with Crippen LogP contribution in [0, 0.1) is 20.8 Å². The fourth-order valence-electron chi connectivity index (χ4n) is 2.24. The molecular weight excluding hydrogens is 288 g/mol. The molecule has 0 fully saturated rings. The summed E-state index contributed by atoms with van der Waals surface area (Å²) in [7, 11) is 1.28. The Morgan fingerprint density at radius 3 is 2.68 bits per heavy atom. The Labute approximate surface area is 127 Å². The number of fused-ring (bicyclic) bond motifs is 1. The first-order valence-electron chi connectivity index (χ1n) is 6.72. The molecule has 0 bridgehead atoms. The number of hydrogen-bond donors (Lipinski definition) is 2. The van der Waals surface area contributed by atoms with Crippen LogP contribution in [0.1, 0.15) is 27.4 Å². The predicted octanol–water partition coefficient (Wildman–Crippen LogP) is 0.484. The fourth-order valence-corrected chi connectivity index (χ4v) is 2.24. The standard InChI is InChI=1S/C14H18N4O4/c1-7-5-8(2)18-12(16-7)11(9(3)17-18)13(19)15-6-10(22-4)14(20)21/h5,10H,6H2,1-4H3,(H,15,19)(H,20,21). The monoisotopic (exact) mass is 306 g/mol. The van der Waals surface area contributed by atoms with Gasteiger partial charge in [-0.3, -0.25) is 4.79 Å². The zero-order valence-corrected chi connectivity index (χ0v) is 12.9. The van der Waals surface area contributed by atoms with Gasteiger partial charge in [0.05, 0.1) is 12.2 Å². The molecule has 0 radical (unpaired) electrons. The lowest BCUT2D eigenvalue weighted by atomic mass is 10.2. The molecule has 0 aliphatic rings. The van der Waals surface area contributed by atoms with E-state index in [0.29, 0.717) is 16.9 Å². The minimum absolute atomic E-state index is 0.133. The Bertz CT molecular complexity index is 738. The molecule has 0 spiro atoms. The quantitative estimate of drug-likeness (QED) is 0.832. The van der Waals surface area contributed by atoms with Gasteiger partial charge in [0, 0.05) is 18.5 Å². The molecule has 2 N–H and O–H groups in total. The first-order chi connectivity index (χ1) is 10.3. The lowest BCUT2D eigenvalue weighted by Gasteiger charge is -2.11. The van der Waals surface area contributed by atoms with Crippen molar-refractivity contribution in [2.24, 2.45) is 0 Å². The highest BCUT2D eigenvalue weighted by Crippen LogP contribution is 2.16. The van der Waals surface area contributed by atoms with Gasteiger partial charge < -0.3 is 15.2 Å². The normalized spacial score (nSPS) is 12.4. The maximum Gasteiger partial charge on any atom is 0.334 e. The van der Waals surface area contributed by atoms with Crippen LogP contribution in [0.3, 0.4) is 0 Å². The van der Waals surface area contributed by atoms with Crippen LogP contribution in [0.15, 0.2) is 6.07 Å². The summed E-state index contributed by atoms with van der Waals surface area (Å²) in [5, 5.41) is 15.8. The maximum atomic E-state index is 12.4. The summed E-state index contributed by atoms with van der Waals surface area (Å²) in [6, 6.07) is 1.87. The fraction of sp³-hybridized carbons (Fsp3) is 0.429. The smallest absolute Gasteiger partial charge is 0.334 e. The number of ether oxygens (including phenoxy) is 1. The molecule has 0 saturated carbocycles. The van der Waals surface area contributed by atoms with Crippen LogP contribution >= 0.6 is 0 Å². The van der Waals surface area contributed by atoms with Crippen molar-refractivity contribution in [2.45, 2.75) is 26.9 Å². The number of nitrogens with one attached hydrogen (secondary N) is 1. The summed E-state index contributed by atoms with van der Waals surface area (Å²) in [6.45, 7) is 5.29. The van der Waals surface area contributed by atoms with Gasteiger partial charge in [-0.2, -0.15) is 5.10 Å². The second-order valence-electron chi connectivity index (χ2n) is 5.01. The Morgan fingerprint density at radius 1 is 1.41 bits per heavy atom. The molecule has 0 saturated heterocycles. The highest BCUT2D eigenvalue weighted by atomic mass is 16.5. The molecule has 22 heavy (non-hydrogen) atoms. The predicted molar refractivity (Wildman–Crippen MR) is 78.0 cm³/mol. The molecule has 1 unspecified atom stereocenters. The van der Waals surface area contributed by atoms with Crippen molar-refractivity contribution >= 4 is 17.5 Å². The molecule has 8 heteroatoms. The van der Waals surface area contributed by atoms with Crippen LogP contribution in [0.5, 0.6) is 0 Å². The van der Waals surface area contributed by atoms with E-state index in [2.05, 4.69) is 15.4 Å². The van der Waals surface area contributed by atoms with Gasteiger partial charge in [-0.15, -0.1) is 0 Å². The SMILES string of the molecule is COC(CNC(=O)c1c(C)nn2c(C)cc(C)nc12)C(=O)O. The molecule has 0 aromatic carbocycles. The molecule has 1 amide bonds. The molecule has 0 aliphatic carbocycles. The highest BCUT2D eigenvalue weighted by molar-refractivity contribution is 6.01. The molecule has 118 valence electrons. The van der Waals surface area contributed by atoms with Crippen LogP contribution in [0.4, 0.5) is 0 Å².